The Balaban J connectivity index is 2.35. The molecule has 2 aromatic rings. The smallest absolute Gasteiger partial charge is 0.121 e. The van der Waals surface area contributed by atoms with Crippen LogP contribution in [0, 0.1) is 6.92 Å². The summed E-state index contributed by atoms with van der Waals surface area (Å²) in [5, 5.41) is 15.0. The molecule has 0 saturated carbocycles. The van der Waals surface area contributed by atoms with Crippen LogP contribution >= 0.6 is 11.6 Å². The highest BCUT2D eigenvalue weighted by molar-refractivity contribution is 6.30. The van der Waals surface area contributed by atoms with Crippen LogP contribution in [-0.4, -0.2) is 14.9 Å². The normalized spacial score (nSPS) is 12.8. The van der Waals surface area contributed by atoms with E-state index in [4.69, 9.17) is 11.6 Å². The van der Waals surface area contributed by atoms with Crippen LogP contribution in [-0.2, 0) is 7.05 Å². The van der Waals surface area contributed by atoms with Gasteiger partial charge in [-0.3, -0.25) is 4.68 Å². The zero-order chi connectivity index (χ0) is 11.7. The van der Waals surface area contributed by atoms with Gasteiger partial charge in [0.1, 0.15) is 6.10 Å². The maximum absolute atomic E-state index is 10.2. The molecule has 0 saturated heterocycles. The summed E-state index contributed by atoms with van der Waals surface area (Å²) in [5.74, 6) is 0. The molecule has 4 heteroatoms. The van der Waals surface area contributed by atoms with Crippen LogP contribution in [0.5, 0.6) is 0 Å². The predicted molar refractivity (Wildman–Crippen MR) is 63.5 cm³/mol. The molecule has 0 fully saturated rings. The molecule has 1 aromatic heterocycles. The minimum absolute atomic E-state index is 0.663. The van der Waals surface area contributed by atoms with E-state index in [2.05, 4.69) is 5.10 Å². The Bertz CT molecular complexity index is 490. The molecule has 1 atom stereocenters. The number of aliphatic hydroxyl groups excluding tert-OH is 1. The van der Waals surface area contributed by atoms with E-state index in [1.165, 1.54) is 0 Å². The summed E-state index contributed by atoms with van der Waals surface area (Å²) < 4.78 is 1.69. The van der Waals surface area contributed by atoms with E-state index in [0.29, 0.717) is 5.02 Å². The first-order valence-electron chi connectivity index (χ1n) is 5.02. The average molecular weight is 237 g/mol. The minimum atomic E-state index is -0.663. The van der Waals surface area contributed by atoms with Gasteiger partial charge in [-0.25, -0.2) is 0 Å². The summed E-state index contributed by atoms with van der Waals surface area (Å²) >= 11 is 5.80. The highest BCUT2D eigenvalue weighted by Crippen LogP contribution is 2.23. The molecule has 0 radical (unpaired) electrons. The fourth-order valence-electron chi connectivity index (χ4n) is 1.70. The van der Waals surface area contributed by atoms with Crippen LogP contribution in [0.15, 0.2) is 30.3 Å². The molecule has 1 heterocycles. The highest BCUT2D eigenvalue weighted by Gasteiger charge is 2.14. The molecular weight excluding hydrogens is 224 g/mol. The van der Waals surface area contributed by atoms with E-state index in [1.54, 1.807) is 16.8 Å². The van der Waals surface area contributed by atoms with Gasteiger partial charge >= 0.3 is 0 Å². The monoisotopic (exact) mass is 236 g/mol. The molecule has 3 nitrogen and oxygen atoms in total. The van der Waals surface area contributed by atoms with Crippen molar-refractivity contribution in [1.29, 1.82) is 0 Å². The molecule has 2 rings (SSSR count). The lowest BCUT2D eigenvalue weighted by molar-refractivity contribution is 0.210. The van der Waals surface area contributed by atoms with Crippen molar-refractivity contribution in [3.63, 3.8) is 0 Å². The van der Waals surface area contributed by atoms with Gasteiger partial charge in [0.15, 0.2) is 0 Å². The number of hydrogen-bond donors (Lipinski definition) is 1. The van der Waals surface area contributed by atoms with E-state index >= 15 is 0 Å². The Morgan fingerprint density at radius 1 is 1.31 bits per heavy atom. The number of halogens is 1. The Hall–Kier alpha value is -1.32. The average Bonchev–Trinajstić information content (AvgIpc) is 2.58. The molecular formula is C12H13ClN2O. The van der Waals surface area contributed by atoms with Crippen molar-refractivity contribution in [2.24, 2.45) is 7.05 Å². The Morgan fingerprint density at radius 2 is 1.94 bits per heavy atom. The van der Waals surface area contributed by atoms with Gasteiger partial charge in [0, 0.05) is 12.1 Å². The third kappa shape index (κ3) is 2.10. The number of hydrogen-bond acceptors (Lipinski definition) is 2. The van der Waals surface area contributed by atoms with Gasteiger partial charge < -0.3 is 5.11 Å². The van der Waals surface area contributed by atoms with Crippen molar-refractivity contribution in [2.75, 3.05) is 0 Å². The number of aromatic nitrogens is 2. The number of benzene rings is 1. The fraction of sp³-hybridized carbons (Fsp3) is 0.250. The van der Waals surface area contributed by atoms with E-state index in [0.717, 1.165) is 17.0 Å². The second-order valence-corrected chi connectivity index (χ2v) is 4.22. The zero-order valence-electron chi connectivity index (χ0n) is 9.18. The van der Waals surface area contributed by atoms with Crippen LogP contribution in [0.4, 0.5) is 0 Å². The number of aliphatic hydroxyl groups is 1. The summed E-state index contributed by atoms with van der Waals surface area (Å²) in [6, 6.07) is 9.04. The molecule has 0 aliphatic heterocycles. The second kappa shape index (κ2) is 4.28. The lowest BCUT2D eigenvalue weighted by Gasteiger charge is -2.11. The highest BCUT2D eigenvalue weighted by atomic mass is 35.5. The third-order valence-electron chi connectivity index (χ3n) is 2.50. The van der Waals surface area contributed by atoms with Gasteiger partial charge in [0.2, 0.25) is 0 Å². The SMILES string of the molecule is Cc1cc(C(O)c2ccc(Cl)cc2)n(C)n1. The van der Waals surface area contributed by atoms with Gasteiger partial charge in [-0.1, -0.05) is 23.7 Å². The molecule has 1 N–H and O–H groups in total. The Morgan fingerprint density at radius 3 is 2.44 bits per heavy atom. The quantitative estimate of drug-likeness (QED) is 0.870. The molecule has 0 aliphatic carbocycles. The van der Waals surface area contributed by atoms with Crippen molar-refractivity contribution in [3.05, 3.63) is 52.3 Å². The first kappa shape index (κ1) is 11.2. The Kier molecular flexibility index (Phi) is 2.99. The predicted octanol–water partition coefficient (Wildman–Crippen LogP) is 2.46. The molecule has 0 bridgehead atoms. The van der Waals surface area contributed by atoms with Gasteiger partial charge in [-0.15, -0.1) is 0 Å². The molecule has 0 amide bonds. The first-order valence-corrected chi connectivity index (χ1v) is 5.40. The summed E-state index contributed by atoms with van der Waals surface area (Å²) in [5.41, 5.74) is 2.48. The topological polar surface area (TPSA) is 38.0 Å². The largest absolute Gasteiger partial charge is 0.382 e. The van der Waals surface area contributed by atoms with E-state index in [1.807, 2.05) is 32.2 Å². The second-order valence-electron chi connectivity index (χ2n) is 3.79. The van der Waals surface area contributed by atoms with Crippen molar-refractivity contribution < 1.29 is 5.11 Å². The number of nitrogens with zero attached hydrogens (tertiary/aromatic N) is 2. The summed E-state index contributed by atoms with van der Waals surface area (Å²) in [6.45, 7) is 1.90. The van der Waals surface area contributed by atoms with Crippen LogP contribution < -0.4 is 0 Å². The number of rotatable bonds is 2. The molecule has 16 heavy (non-hydrogen) atoms. The van der Waals surface area contributed by atoms with Crippen LogP contribution in [0.1, 0.15) is 23.1 Å². The van der Waals surface area contributed by atoms with Crippen molar-refractivity contribution in [1.82, 2.24) is 9.78 Å². The third-order valence-corrected chi connectivity index (χ3v) is 2.76. The van der Waals surface area contributed by atoms with Gasteiger partial charge in [-0.2, -0.15) is 5.10 Å². The lowest BCUT2D eigenvalue weighted by atomic mass is 10.1. The van der Waals surface area contributed by atoms with Crippen molar-refractivity contribution in [2.45, 2.75) is 13.0 Å². The van der Waals surface area contributed by atoms with Crippen LogP contribution in [0.3, 0.4) is 0 Å². The fourth-order valence-corrected chi connectivity index (χ4v) is 1.83. The standard InChI is InChI=1S/C12H13ClN2O/c1-8-7-11(15(2)14-8)12(16)9-3-5-10(13)6-4-9/h3-7,12,16H,1-2H3. The molecule has 1 aromatic carbocycles. The minimum Gasteiger partial charge on any atom is -0.382 e. The molecule has 0 aliphatic rings. The summed E-state index contributed by atoms with van der Waals surface area (Å²) in [7, 11) is 1.82. The number of aryl methyl sites for hydroxylation is 2. The van der Waals surface area contributed by atoms with Crippen LogP contribution in [0.25, 0.3) is 0 Å². The maximum Gasteiger partial charge on any atom is 0.121 e. The van der Waals surface area contributed by atoms with Gasteiger partial charge in [0.05, 0.1) is 11.4 Å². The molecule has 84 valence electrons. The summed E-state index contributed by atoms with van der Waals surface area (Å²) in [4.78, 5) is 0. The Labute approximate surface area is 99.3 Å². The van der Waals surface area contributed by atoms with Gasteiger partial charge in [-0.05, 0) is 30.7 Å². The van der Waals surface area contributed by atoms with Gasteiger partial charge in [0.25, 0.3) is 0 Å². The zero-order valence-corrected chi connectivity index (χ0v) is 9.94. The van der Waals surface area contributed by atoms with E-state index < -0.39 is 6.10 Å². The maximum atomic E-state index is 10.2. The van der Waals surface area contributed by atoms with Crippen LogP contribution in [0.2, 0.25) is 5.02 Å². The molecule has 1 unspecified atom stereocenters. The van der Waals surface area contributed by atoms with Crippen molar-refractivity contribution >= 4 is 11.6 Å². The van der Waals surface area contributed by atoms with Crippen molar-refractivity contribution in [3.8, 4) is 0 Å². The molecule has 0 spiro atoms. The van der Waals surface area contributed by atoms with E-state index in [9.17, 15) is 5.11 Å². The lowest BCUT2D eigenvalue weighted by Crippen LogP contribution is -2.06. The van der Waals surface area contributed by atoms with E-state index in [-0.39, 0.29) is 0 Å². The first-order chi connectivity index (χ1) is 7.58. The summed E-state index contributed by atoms with van der Waals surface area (Å²) in [6.07, 6.45) is -0.663.